The van der Waals surface area contributed by atoms with E-state index >= 15 is 0 Å². The predicted molar refractivity (Wildman–Crippen MR) is 102 cm³/mol. The molecule has 0 spiro atoms. The van der Waals surface area contributed by atoms with Crippen LogP contribution >= 0.6 is 0 Å². The lowest BCUT2D eigenvalue weighted by Gasteiger charge is -2.32. The van der Waals surface area contributed by atoms with Crippen molar-refractivity contribution in [3.05, 3.63) is 35.6 Å². The number of halogens is 1. The Morgan fingerprint density at radius 3 is 2.41 bits per heavy atom. The van der Waals surface area contributed by atoms with Crippen LogP contribution in [0.3, 0.4) is 0 Å². The summed E-state index contributed by atoms with van der Waals surface area (Å²) in [7, 11) is 0. The minimum atomic E-state index is -0.657. The van der Waals surface area contributed by atoms with Crippen LogP contribution in [0.15, 0.2) is 24.3 Å². The summed E-state index contributed by atoms with van der Waals surface area (Å²) in [5.41, 5.74) is 0.450. The van der Waals surface area contributed by atoms with Gasteiger partial charge in [-0.3, -0.25) is 14.6 Å². The molecule has 1 aliphatic heterocycles. The highest BCUT2D eigenvalue weighted by Gasteiger charge is 2.33. The number of nitrogens with zero attached hydrogens (tertiary/aromatic N) is 3. The molecule has 2 fully saturated rings. The lowest BCUT2D eigenvalue weighted by atomic mass is 9.83. The topological polar surface area (TPSA) is 59.4 Å². The smallest absolute Gasteiger partial charge is 0.235 e. The van der Waals surface area contributed by atoms with Gasteiger partial charge in [-0.2, -0.15) is 5.26 Å². The Balaban J connectivity index is 1.47. The summed E-state index contributed by atoms with van der Waals surface area (Å²) in [5, 5.41) is 12.5. The first-order valence-electron chi connectivity index (χ1n) is 10.00. The molecule has 0 unspecified atom stereocenters. The number of nitriles is 1. The van der Waals surface area contributed by atoms with Crippen molar-refractivity contribution in [3.63, 3.8) is 0 Å². The van der Waals surface area contributed by atoms with Gasteiger partial charge in [0.15, 0.2) is 0 Å². The van der Waals surface area contributed by atoms with Gasteiger partial charge in [-0.05, 0) is 50.0 Å². The maximum atomic E-state index is 13.0. The molecule has 1 aromatic carbocycles. The van der Waals surface area contributed by atoms with E-state index in [9.17, 15) is 14.4 Å². The average Bonchev–Trinajstić information content (AvgIpc) is 2.89. The van der Waals surface area contributed by atoms with Crippen LogP contribution in [-0.2, 0) is 11.3 Å². The highest BCUT2D eigenvalue weighted by molar-refractivity contribution is 5.79. The van der Waals surface area contributed by atoms with Crippen LogP contribution in [0, 0.1) is 17.1 Å². The lowest BCUT2D eigenvalue weighted by Crippen LogP contribution is -2.51. The van der Waals surface area contributed by atoms with E-state index in [0.717, 1.165) is 76.8 Å². The minimum absolute atomic E-state index is 0.0366. The van der Waals surface area contributed by atoms with E-state index in [4.69, 9.17) is 0 Å². The summed E-state index contributed by atoms with van der Waals surface area (Å²) in [5.74, 6) is -0.245. The highest BCUT2D eigenvalue weighted by atomic mass is 19.1. The molecule has 1 saturated carbocycles. The number of rotatable bonds is 5. The number of amides is 1. The summed E-state index contributed by atoms with van der Waals surface area (Å²) in [6.07, 6.45) is 5.69. The number of carbonyl (C=O) groups is 1. The van der Waals surface area contributed by atoms with Gasteiger partial charge >= 0.3 is 0 Å². The molecule has 1 aliphatic carbocycles. The van der Waals surface area contributed by atoms with E-state index in [-0.39, 0.29) is 11.7 Å². The van der Waals surface area contributed by atoms with Crippen LogP contribution in [0.1, 0.15) is 44.1 Å². The zero-order valence-corrected chi connectivity index (χ0v) is 15.9. The van der Waals surface area contributed by atoms with Crippen LogP contribution in [0.4, 0.5) is 4.39 Å². The van der Waals surface area contributed by atoms with Crippen molar-refractivity contribution in [2.24, 2.45) is 0 Å². The van der Waals surface area contributed by atoms with E-state index in [1.54, 1.807) is 0 Å². The van der Waals surface area contributed by atoms with Crippen LogP contribution in [0.25, 0.3) is 0 Å². The quantitative estimate of drug-likeness (QED) is 0.863. The molecule has 1 N–H and O–H groups in total. The molecule has 0 atom stereocenters. The van der Waals surface area contributed by atoms with E-state index < -0.39 is 5.54 Å². The van der Waals surface area contributed by atoms with Crippen LogP contribution < -0.4 is 5.32 Å². The monoisotopic (exact) mass is 372 g/mol. The lowest BCUT2D eigenvalue weighted by molar-refractivity contribution is -0.123. The highest BCUT2D eigenvalue weighted by Crippen LogP contribution is 2.27. The van der Waals surface area contributed by atoms with Crippen molar-refractivity contribution in [1.29, 1.82) is 5.26 Å². The Hall–Kier alpha value is -1.97. The summed E-state index contributed by atoms with van der Waals surface area (Å²) < 4.78 is 13.0. The molecule has 6 heteroatoms. The molecule has 146 valence electrons. The second-order valence-corrected chi connectivity index (χ2v) is 7.84. The predicted octanol–water partition coefficient (Wildman–Crippen LogP) is 2.68. The van der Waals surface area contributed by atoms with Gasteiger partial charge in [0.25, 0.3) is 0 Å². The molecule has 1 saturated heterocycles. The van der Waals surface area contributed by atoms with Crippen molar-refractivity contribution in [3.8, 4) is 6.07 Å². The maximum absolute atomic E-state index is 13.0. The van der Waals surface area contributed by atoms with Crippen molar-refractivity contribution in [2.45, 2.75) is 50.6 Å². The molecular formula is C21H29FN4O. The molecule has 1 aromatic rings. The fourth-order valence-electron chi connectivity index (χ4n) is 4.12. The number of benzene rings is 1. The molecule has 27 heavy (non-hydrogen) atoms. The molecule has 5 nitrogen and oxygen atoms in total. The molecule has 0 aromatic heterocycles. The van der Waals surface area contributed by atoms with Gasteiger partial charge in [0.1, 0.15) is 11.4 Å². The standard InChI is InChI=1S/C21H29FN4O/c22-19-7-5-18(6-8-19)15-25-11-4-12-26(14-13-25)16-20(27)24-21(17-23)9-2-1-3-10-21/h5-8H,1-4,9-16H2,(H,24,27). The minimum Gasteiger partial charge on any atom is -0.337 e. The van der Waals surface area contributed by atoms with Gasteiger partial charge in [-0.25, -0.2) is 4.39 Å². The Kier molecular flexibility index (Phi) is 6.81. The largest absolute Gasteiger partial charge is 0.337 e. The Labute approximate surface area is 161 Å². The van der Waals surface area contributed by atoms with Gasteiger partial charge in [-0.15, -0.1) is 0 Å². The second kappa shape index (κ2) is 9.29. The molecule has 3 rings (SSSR count). The Bertz CT molecular complexity index is 664. The molecule has 0 radical (unpaired) electrons. The van der Waals surface area contributed by atoms with Crippen LogP contribution in [0.5, 0.6) is 0 Å². The third-order valence-electron chi connectivity index (χ3n) is 5.67. The Morgan fingerprint density at radius 2 is 1.70 bits per heavy atom. The summed E-state index contributed by atoms with van der Waals surface area (Å²) >= 11 is 0. The molecular weight excluding hydrogens is 343 g/mol. The normalized spacial score (nSPS) is 21.2. The zero-order valence-electron chi connectivity index (χ0n) is 15.9. The van der Waals surface area contributed by atoms with Gasteiger partial charge in [0, 0.05) is 19.6 Å². The fraction of sp³-hybridized carbons (Fsp3) is 0.619. The van der Waals surface area contributed by atoms with E-state index in [1.165, 1.54) is 12.1 Å². The van der Waals surface area contributed by atoms with Gasteiger partial charge in [-0.1, -0.05) is 31.4 Å². The molecule has 2 aliphatic rings. The third-order valence-corrected chi connectivity index (χ3v) is 5.67. The first kappa shape index (κ1) is 19.8. The number of hydrogen-bond donors (Lipinski definition) is 1. The fourth-order valence-corrected chi connectivity index (χ4v) is 4.12. The number of carbonyl (C=O) groups excluding carboxylic acids is 1. The summed E-state index contributed by atoms with van der Waals surface area (Å²) in [4.78, 5) is 17.0. The Morgan fingerprint density at radius 1 is 1.04 bits per heavy atom. The summed E-state index contributed by atoms with van der Waals surface area (Å²) in [6, 6.07) is 9.01. The number of hydrogen-bond acceptors (Lipinski definition) is 4. The number of nitrogens with one attached hydrogen (secondary N) is 1. The molecule has 0 bridgehead atoms. The average molecular weight is 372 g/mol. The third kappa shape index (κ3) is 5.75. The van der Waals surface area contributed by atoms with E-state index in [0.29, 0.717) is 6.54 Å². The van der Waals surface area contributed by atoms with Gasteiger partial charge in [0.2, 0.25) is 5.91 Å². The maximum Gasteiger partial charge on any atom is 0.235 e. The van der Waals surface area contributed by atoms with Crippen LogP contribution in [-0.4, -0.2) is 54.0 Å². The summed E-state index contributed by atoms with van der Waals surface area (Å²) in [6.45, 7) is 4.72. The van der Waals surface area contributed by atoms with Crippen molar-refractivity contribution >= 4 is 5.91 Å². The van der Waals surface area contributed by atoms with Crippen LogP contribution in [0.2, 0.25) is 0 Å². The van der Waals surface area contributed by atoms with Crippen molar-refractivity contribution in [2.75, 3.05) is 32.7 Å². The van der Waals surface area contributed by atoms with E-state index in [1.807, 2.05) is 12.1 Å². The zero-order chi connectivity index (χ0) is 19.1. The van der Waals surface area contributed by atoms with Crippen molar-refractivity contribution in [1.82, 2.24) is 15.1 Å². The SMILES string of the molecule is N#CC1(NC(=O)CN2CCCN(Cc3ccc(F)cc3)CC2)CCCCC1. The first-order valence-corrected chi connectivity index (χ1v) is 10.00. The van der Waals surface area contributed by atoms with E-state index in [2.05, 4.69) is 21.2 Å². The van der Waals surface area contributed by atoms with Gasteiger partial charge in [0.05, 0.1) is 12.6 Å². The van der Waals surface area contributed by atoms with Gasteiger partial charge < -0.3 is 5.32 Å². The van der Waals surface area contributed by atoms with Crippen molar-refractivity contribution < 1.29 is 9.18 Å². The second-order valence-electron chi connectivity index (χ2n) is 7.84. The molecule has 1 amide bonds. The first-order chi connectivity index (χ1) is 13.1. The molecule has 1 heterocycles.